The maximum Gasteiger partial charge on any atom is 0.328 e. The summed E-state index contributed by atoms with van der Waals surface area (Å²) in [4.78, 5) is 24.2. The number of carbonyl (C=O) groups excluding carboxylic acids is 2. The molecular formula is C12H11FN2O2. The van der Waals surface area contributed by atoms with Crippen molar-refractivity contribution in [2.45, 2.75) is 6.92 Å². The topological polar surface area (TPSA) is 49.4 Å². The summed E-state index contributed by atoms with van der Waals surface area (Å²) in [6.45, 7) is 2.02. The summed E-state index contributed by atoms with van der Waals surface area (Å²) in [6, 6.07) is 5.36. The molecule has 1 fully saturated rings. The van der Waals surface area contributed by atoms with Gasteiger partial charge in [-0.25, -0.2) is 9.18 Å². The van der Waals surface area contributed by atoms with Crippen LogP contribution in [0.5, 0.6) is 0 Å². The third kappa shape index (κ3) is 2.18. The number of amides is 3. The van der Waals surface area contributed by atoms with E-state index in [4.69, 9.17) is 0 Å². The molecule has 0 spiro atoms. The highest BCUT2D eigenvalue weighted by Crippen LogP contribution is 2.14. The Morgan fingerprint density at radius 1 is 1.41 bits per heavy atom. The van der Waals surface area contributed by atoms with E-state index in [1.165, 1.54) is 18.2 Å². The van der Waals surface area contributed by atoms with Crippen LogP contribution in [0.1, 0.15) is 12.5 Å². The smallest absolute Gasteiger partial charge is 0.303 e. The van der Waals surface area contributed by atoms with Crippen LogP contribution in [-0.2, 0) is 4.79 Å². The fourth-order valence-corrected chi connectivity index (χ4v) is 1.62. The number of likely N-dealkylation sites (N-methyl/N-ethyl adjacent to an activating group) is 1. The molecule has 0 unspecified atom stereocenters. The quantitative estimate of drug-likeness (QED) is 0.626. The Morgan fingerprint density at radius 2 is 2.18 bits per heavy atom. The number of nitrogens with one attached hydrogen (secondary N) is 1. The molecule has 0 radical (unpaired) electrons. The first-order chi connectivity index (χ1) is 8.11. The molecule has 1 aromatic rings. The van der Waals surface area contributed by atoms with Gasteiger partial charge in [-0.1, -0.05) is 12.1 Å². The van der Waals surface area contributed by atoms with Crippen molar-refractivity contribution in [3.63, 3.8) is 0 Å². The van der Waals surface area contributed by atoms with Crippen molar-refractivity contribution < 1.29 is 14.0 Å². The number of rotatable bonds is 2. The van der Waals surface area contributed by atoms with Crippen LogP contribution in [-0.4, -0.2) is 23.4 Å². The van der Waals surface area contributed by atoms with Gasteiger partial charge in [-0.15, -0.1) is 0 Å². The number of urea groups is 1. The Morgan fingerprint density at radius 3 is 2.76 bits per heavy atom. The molecule has 1 aliphatic rings. The van der Waals surface area contributed by atoms with Crippen LogP contribution in [0.25, 0.3) is 6.08 Å². The lowest BCUT2D eigenvalue weighted by atomic mass is 10.2. The molecule has 1 saturated heterocycles. The van der Waals surface area contributed by atoms with Crippen molar-refractivity contribution in [1.82, 2.24) is 10.2 Å². The maximum absolute atomic E-state index is 12.9. The molecule has 5 heteroatoms. The van der Waals surface area contributed by atoms with Crippen LogP contribution in [0.2, 0.25) is 0 Å². The second-order valence-corrected chi connectivity index (χ2v) is 3.59. The van der Waals surface area contributed by atoms with E-state index in [9.17, 15) is 14.0 Å². The third-order valence-electron chi connectivity index (χ3n) is 2.44. The minimum Gasteiger partial charge on any atom is -0.303 e. The average Bonchev–Trinajstić information content (AvgIpc) is 2.54. The molecule has 1 heterocycles. The molecular weight excluding hydrogens is 223 g/mol. The van der Waals surface area contributed by atoms with E-state index >= 15 is 0 Å². The molecule has 0 atom stereocenters. The minimum absolute atomic E-state index is 0.169. The standard InChI is InChI=1S/C12H11FN2O2/c1-2-15-11(16)10(14-12(15)17)7-8-4-3-5-9(13)6-8/h3-7H,2H2,1H3,(H,14,17)/b10-7+. The lowest BCUT2D eigenvalue weighted by Crippen LogP contribution is -2.30. The van der Waals surface area contributed by atoms with E-state index in [-0.39, 0.29) is 17.4 Å². The fourth-order valence-electron chi connectivity index (χ4n) is 1.62. The predicted octanol–water partition coefficient (Wildman–Crippen LogP) is 1.74. The van der Waals surface area contributed by atoms with Crippen LogP contribution >= 0.6 is 0 Å². The zero-order chi connectivity index (χ0) is 12.4. The van der Waals surface area contributed by atoms with Crippen LogP contribution in [0.15, 0.2) is 30.0 Å². The maximum atomic E-state index is 12.9. The summed E-state index contributed by atoms with van der Waals surface area (Å²) >= 11 is 0. The van der Waals surface area contributed by atoms with Gasteiger partial charge in [0.05, 0.1) is 0 Å². The highest BCUT2D eigenvalue weighted by Gasteiger charge is 2.31. The number of halogens is 1. The van der Waals surface area contributed by atoms with Gasteiger partial charge in [0.25, 0.3) is 5.91 Å². The monoisotopic (exact) mass is 234 g/mol. The molecule has 0 bridgehead atoms. The van der Waals surface area contributed by atoms with Gasteiger partial charge in [-0.2, -0.15) is 0 Å². The van der Waals surface area contributed by atoms with E-state index in [1.807, 2.05) is 0 Å². The molecule has 17 heavy (non-hydrogen) atoms. The van der Waals surface area contributed by atoms with Gasteiger partial charge in [-0.05, 0) is 30.7 Å². The first kappa shape index (κ1) is 11.3. The molecule has 0 saturated carbocycles. The van der Waals surface area contributed by atoms with Gasteiger partial charge < -0.3 is 5.32 Å². The largest absolute Gasteiger partial charge is 0.328 e. The van der Waals surface area contributed by atoms with E-state index in [0.29, 0.717) is 12.1 Å². The van der Waals surface area contributed by atoms with Gasteiger partial charge >= 0.3 is 6.03 Å². The number of benzene rings is 1. The van der Waals surface area contributed by atoms with E-state index in [1.54, 1.807) is 19.1 Å². The zero-order valence-corrected chi connectivity index (χ0v) is 9.24. The Kier molecular flexibility index (Phi) is 2.91. The van der Waals surface area contributed by atoms with Crippen molar-refractivity contribution in [1.29, 1.82) is 0 Å². The SMILES string of the molecule is CCN1C(=O)N/C(=C/c2cccc(F)c2)C1=O. The average molecular weight is 234 g/mol. The van der Waals surface area contributed by atoms with Crippen molar-refractivity contribution in [2.75, 3.05) is 6.54 Å². The fraction of sp³-hybridized carbons (Fsp3) is 0.167. The Labute approximate surface area is 97.7 Å². The minimum atomic E-state index is -0.444. The van der Waals surface area contributed by atoms with Crippen molar-refractivity contribution in [3.05, 3.63) is 41.3 Å². The molecule has 1 aliphatic heterocycles. The molecule has 0 aliphatic carbocycles. The highest BCUT2D eigenvalue weighted by atomic mass is 19.1. The molecule has 1 aromatic carbocycles. The summed E-state index contributed by atoms with van der Waals surface area (Å²) in [7, 11) is 0. The van der Waals surface area contributed by atoms with Crippen LogP contribution in [0.4, 0.5) is 9.18 Å². The van der Waals surface area contributed by atoms with Crippen molar-refractivity contribution in [2.24, 2.45) is 0 Å². The Bertz CT molecular complexity index is 511. The van der Waals surface area contributed by atoms with Crippen LogP contribution < -0.4 is 5.32 Å². The molecule has 4 nitrogen and oxygen atoms in total. The van der Waals surface area contributed by atoms with E-state index in [0.717, 1.165) is 4.90 Å². The number of nitrogens with zero attached hydrogens (tertiary/aromatic N) is 1. The molecule has 0 aromatic heterocycles. The highest BCUT2D eigenvalue weighted by molar-refractivity contribution is 6.13. The Balaban J connectivity index is 2.30. The number of carbonyl (C=O) groups is 2. The van der Waals surface area contributed by atoms with E-state index in [2.05, 4.69) is 5.32 Å². The molecule has 2 rings (SSSR count). The van der Waals surface area contributed by atoms with Gasteiger partial charge in [0, 0.05) is 6.54 Å². The van der Waals surface area contributed by atoms with Gasteiger partial charge in [0.15, 0.2) is 0 Å². The van der Waals surface area contributed by atoms with Gasteiger partial charge in [0.1, 0.15) is 11.5 Å². The van der Waals surface area contributed by atoms with Crippen LogP contribution in [0, 0.1) is 5.82 Å². The number of hydrogen-bond acceptors (Lipinski definition) is 2. The summed E-state index contributed by atoms with van der Waals surface area (Å²) < 4.78 is 12.9. The van der Waals surface area contributed by atoms with Crippen molar-refractivity contribution in [3.8, 4) is 0 Å². The zero-order valence-electron chi connectivity index (χ0n) is 9.24. The normalized spacial score (nSPS) is 17.8. The first-order valence-corrected chi connectivity index (χ1v) is 5.22. The number of imide groups is 1. The summed E-state index contributed by atoms with van der Waals surface area (Å²) in [5.74, 6) is -0.773. The van der Waals surface area contributed by atoms with Gasteiger partial charge in [-0.3, -0.25) is 9.69 Å². The van der Waals surface area contributed by atoms with E-state index < -0.39 is 6.03 Å². The molecule has 1 N–H and O–H groups in total. The lowest BCUT2D eigenvalue weighted by Gasteiger charge is -2.05. The second-order valence-electron chi connectivity index (χ2n) is 3.59. The lowest BCUT2D eigenvalue weighted by molar-refractivity contribution is -0.122. The van der Waals surface area contributed by atoms with Crippen LogP contribution in [0.3, 0.4) is 0 Å². The predicted molar refractivity (Wildman–Crippen MR) is 60.3 cm³/mol. The summed E-state index contributed by atoms with van der Waals surface area (Å²) in [5.41, 5.74) is 0.703. The summed E-state index contributed by atoms with van der Waals surface area (Å²) in [5, 5.41) is 2.45. The third-order valence-corrected chi connectivity index (χ3v) is 2.44. The second kappa shape index (κ2) is 4.37. The molecule has 88 valence electrons. The first-order valence-electron chi connectivity index (χ1n) is 5.22. The summed E-state index contributed by atoms with van der Waals surface area (Å²) in [6.07, 6.45) is 1.46. The van der Waals surface area contributed by atoms with Gasteiger partial charge in [0.2, 0.25) is 0 Å². The number of hydrogen-bond donors (Lipinski definition) is 1. The molecule has 3 amide bonds. The van der Waals surface area contributed by atoms with Crippen molar-refractivity contribution >= 4 is 18.0 Å². The Hall–Kier alpha value is -2.17.